The van der Waals surface area contributed by atoms with Crippen LogP contribution in [-0.4, -0.2) is 80.9 Å². The van der Waals surface area contributed by atoms with Gasteiger partial charge in [0, 0.05) is 23.5 Å². The summed E-state index contributed by atoms with van der Waals surface area (Å²) in [4.78, 5) is 81.0. The van der Waals surface area contributed by atoms with Crippen LogP contribution in [0.15, 0.2) is 122 Å². The van der Waals surface area contributed by atoms with E-state index < -0.39 is 70.9 Å². The molecule has 6 aromatic rings. The van der Waals surface area contributed by atoms with Crippen molar-refractivity contribution in [3.8, 4) is 22.9 Å². The lowest BCUT2D eigenvalue weighted by molar-refractivity contribution is -0.162. The largest absolute Gasteiger partial charge is 0.497 e. The number of nitrogens with zero attached hydrogens (tertiary/aromatic N) is 7. The van der Waals surface area contributed by atoms with Crippen LogP contribution in [0, 0.1) is 37.5 Å². The summed E-state index contributed by atoms with van der Waals surface area (Å²) < 4.78 is 19.8. The molecule has 0 bridgehead atoms. The van der Waals surface area contributed by atoms with Crippen LogP contribution < -0.4 is 19.3 Å². The zero-order chi connectivity index (χ0) is 43.2. The molecule has 0 spiro atoms. The molecular formula is C47H41N7O8. The van der Waals surface area contributed by atoms with E-state index >= 15 is 24.0 Å². The Kier molecular flexibility index (Phi) is 8.99. The highest BCUT2D eigenvalue weighted by Gasteiger charge is 2.84. The molecule has 312 valence electrons. The molecule has 0 N–H and O–H groups in total. The van der Waals surface area contributed by atoms with Crippen LogP contribution in [0.4, 0.5) is 11.4 Å². The van der Waals surface area contributed by atoms with E-state index in [1.807, 2.05) is 60.7 Å². The van der Waals surface area contributed by atoms with E-state index in [1.165, 1.54) is 21.3 Å². The zero-order valence-corrected chi connectivity index (χ0v) is 34.4. The van der Waals surface area contributed by atoms with Crippen molar-refractivity contribution in [1.29, 1.82) is 0 Å². The van der Waals surface area contributed by atoms with E-state index in [2.05, 4.69) is 0 Å². The third kappa shape index (κ3) is 5.30. The fourth-order valence-corrected chi connectivity index (χ4v) is 10.6. The molecule has 4 amide bonds. The van der Waals surface area contributed by atoms with Gasteiger partial charge < -0.3 is 14.2 Å². The van der Waals surface area contributed by atoms with Gasteiger partial charge in [-0.3, -0.25) is 24.1 Å². The number of carbonyl (C=O) groups is 5. The number of amides is 4. The normalized spacial score (nSPS) is 25.3. The van der Waals surface area contributed by atoms with Gasteiger partial charge >= 0.3 is 5.97 Å². The van der Waals surface area contributed by atoms with E-state index in [0.717, 1.165) is 21.2 Å². The Balaban J connectivity index is 1.25. The second-order valence-electron chi connectivity index (χ2n) is 15.9. The summed E-state index contributed by atoms with van der Waals surface area (Å²) in [6, 6.07) is 29.6. The number of fused-ring (bicyclic) bond motifs is 5. The third-order valence-corrected chi connectivity index (χ3v) is 13.1. The Morgan fingerprint density at radius 2 is 0.919 bits per heavy atom. The molecule has 4 aliphatic rings. The van der Waals surface area contributed by atoms with Crippen molar-refractivity contribution in [3.63, 3.8) is 0 Å². The maximum atomic E-state index is 15.5. The van der Waals surface area contributed by atoms with E-state index in [9.17, 15) is 0 Å². The minimum atomic E-state index is -2.18. The maximum Gasteiger partial charge on any atom is 0.328 e. The quantitative estimate of drug-likeness (QED) is 0.137. The number of benzene rings is 4. The lowest BCUT2D eigenvalue weighted by Gasteiger charge is -2.41. The van der Waals surface area contributed by atoms with E-state index in [0.29, 0.717) is 34.0 Å². The van der Waals surface area contributed by atoms with Crippen LogP contribution in [0.2, 0.25) is 0 Å². The minimum absolute atomic E-state index is 0.261. The predicted molar refractivity (Wildman–Crippen MR) is 224 cm³/mol. The highest BCUT2D eigenvalue weighted by Crippen LogP contribution is 2.70. The molecule has 4 aromatic carbocycles. The number of anilines is 2. The summed E-state index contributed by atoms with van der Waals surface area (Å²) in [6.45, 7) is 3.60. The first-order chi connectivity index (χ1) is 30.0. The first-order valence-corrected chi connectivity index (χ1v) is 20.2. The van der Waals surface area contributed by atoms with Gasteiger partial charge in [0.25, 0.3) is 0 Å². The van der Waals surface area contributed by atoms with Crippen LogP contribution in [0.1, 0.15) is 34.6 Å². The van der Waals surface area contributed by atoms with Crippen molar-refractivity contribution in [2.45, 2.75) is 31.5 Å². The van der Waals surface area contributed by atoms with E-state index in [-0.39, 0.29) is 11.4 Å². The van der Waals surface area contributed by atoms with Gasteiger partial charge in [-0.2, -0.15) is 10.2 Å². The minimum Gasteiger partial charge on any atom is -0.497 e. The smallest absolute Gasteiger partial charge is 0.328 e. The van der Waals surface area contributed by atoms with Gasteiger partial charge in [-0.15, -0.1) is 0 Å². The molecular weight excluding hydrogens is 791 g/mol. The molecule has 6 heterocycles. The first kappa shape index (κ1) is 38.8. The standard InChI is InChI=1S/C47H41N7O8/c1-26-34(24-50(48-26)28-12-8-6-9-13-28)40-36-38(44(57)52(42(36)55)30-16-20-32(60-3)21-17-30)47(46(59)62-5)39-37(43(56)53(45(39)58)31-18-22-33(61-4)23-19-31)41(54(40)47)35-25-51(49-27(35)2)29-14-10-7-11-15-29/h6-25,36-41H,1-5H3/t36-,37?,38-,39?,40-,41?,47?/m1/s1. The van der Waals surface area contributed by atoms with Gasteiger partial charge in [-0.05, 0) is 86.6 Å². The number of hydrogen-bond donors (Lipinski definition) is 0. The molecule has 4 fully saturated rings. The molecule has 10 rings (SSSR count). The number of carbonyl (C=O) groups excluding carboxylic acids is 5. The van der Waals surface area contributed by atoms with Crippen molar-refractivity contribution in [3.05, 3.63) is 144 Å². The number of aromatic nitrogens is 4. The fraction of sp³-hybridized carbons (Fsp3) is 0.255. The van der Waals surface area contributed by atoms with Gasteiger partial charge in [0.1, 0.15) is 17.0 Å². The third-order valence-electron chi connectivity index (χ3n) is 13.1. The lowest BCUT2D eigenvalue weighted by Crippen LogP contribution is -2.61. The van der Waals surface area contributed by atoms with Crippen molar-refractivity contribution < 1.29 is 38.2 Å². The van der Waals surface area contributed by atoms with Gasteiger partial charge in [-0.1, -0.05) is 36.4 Å². The van der Waals surface area contributed by atoms with Crippen LogP contribution in [0.5, 0.6) is 11.5 Å². The number of rotatable bonds is 9. The highest BCUT2D eigenvalue weighted by molar-refractivity contribution is 6.28. The average Bonchev–Trinajstić information content (AvgIpc) is 4.12. The molecule has 4 aliphatic heterocycles. The maximum absolute atomic E-state index is 15.5. The highest BCUT2D eigenvalue weighted by atomic mass is 16.5. The fourth-order valence-electron chi connectivity index (χ4n) is 10.6. The summed E-state index contributed by atoms with van der Waals surface area (Å²) in [5.41, 5.74) is 1.94. The number of ether oxygens (including phenoxy) is 3. The topological polar surface area (TPSA) is 158 Å². The molecule has 7 atom stereocenters. The second-order valence-corrected chi connectivity index (χ2v) is 15.9. The van der Waals surface area contributed by atoms with Crippen LogP contribution in [0.3, 0.4) is 0 Å². The van der Waals surface area contributed by atoms with E-state index in [1.54, 1.807) is 89.0 Å². The van der Waals surface area contributed by atoms with Crippen LogP contribution in [-0.2, 0) is 28.7 Å². The number of methoxy groups -OCH3 is 3. The van der Waals surface area contributed by atoms with Gasteiger partial charge in [0.15, 0.2) is 0 Å². The molecule has 2 aromatic heterocycles. The number of imide groups is 2. The molecule has 15 nitrogen and oxygen atoms in total. The summed E-state index contributed by atoms with van der Waals surface area (Å²) in [6.07, 6.45) is 3.60. The Morgan fingerprint density at radius 1 is 0.532 bits per heavy atom. The Hall–Kier alpha value is -7.39. The van der Waals surface area contributed by atoms with Crippen molar-refractivity contribution in [2.24, 2.45) is 23.7 Å². The Morgan fingerprint density at radius 3 is 1.27 bits per heavy atom. The van der Waals surface area contributed by atoms with Gasteiger partial charge in [0.2, 0.25) is 23.6 Å². The number of aryl methyl sites for hydroxylation is 2. The monoisotopic (exact) mass is 831 g/mol. The Labute approximate surface area is 356 Å². The van der Waals surface area contributed by atoms with Gasteiger partial charge in [-0.25, -0.2) is 24.0 Å². The Bertz CT molecular complexity index is 2610. The average molecular weight is 832 g/mol. The van der Waals surface area contributed by atoms with Crippen molar-refractivity contribution in [2.75, 3.05) is 31.1 Å². The predicted octanol–water partition coefficient (Wildman–Crippen LogP) is 5.33. The summed E-state index contributed by atoms with van der Waals surface area (Å²) >= 11 is 0. The van der Waals surface area contributed by atoms with Crippen LogP contribution in [0.25, 0.3) is 11.4 Å². The number of esters is 1. The zero-order valence-electron chi connectivity index (χ0n) is 34.4. The number of hydrogen-bond acceptors (Lipinski definition) is 11. The molecule has 0 radical (unpaired) electrons. The molecule has 0 saturated carbocycles. The molecule has 62 heavy (non-hydrogen) atoms. The van der Waals surface area contributed by atoms with E-state index in [4.69, 9.17) is 24.4 Å². The van der Waals surface area contributed by atoms with Crippen LogP contribution >= 0.6 is 0 Å². The summed E-state index contributed by atoms with van der Waals surface area (Å²) in [5, 5.41) is 9.78. The molecule has 15 heteroatoms. The summed E-state index contributed by atoms with van der Waals surface area (Å²) in [7, 11) is 4.22. The lowest BCUT2D eigenvalue weighted by atomic mass is 9.69. The molecule has 0 aliphatic carbocycles. The molecule has 4 saturated heterocycles. The SMILES string of the molecule is COC(=O)C12C3C(=O)N(c4ccc(OC)cc4)C(=O)C3C(c3cn(-c4ccccc4)nc3C)N1[C@H](c1cn(-c3ccccc3)nc1C)[C@@H]1C(=O)N(c3ccc(OC)cc3)C(=O)[C@@H]12. The first-order valence-electron chi connectivity index (χ1n) is 20.2. The second kappa shape index (κ2) is 14.4. The van der Waals surface area contributed by atoms with Crippen molar-refractivity contribution in [1.82, 2.24) is 24.5 Å². The number of para-hydroxylation sites is 2. The van der Waals surface area contributed by atoms with Gasteiger partial charge in [0.05, 0.1) is 91.2 Å². The summed E-state index contributed by atoms with van der Waals surface area (Å²) in [5.74, 6) is -7.88. The van der Waals surface area contributed by atoms with Crippen molar-refractivity contribution >= 4 is 41.0 Å². The molecule has 4 unspecified atom stereocenters.